The number of carbonyl (C=O) groups excluding carboxylic acids is 2. The van der Waals surface area contributed by atoms with E-state index in [-0.39, 0.29) is 5.56 Å². The number of nitrogens with zero attached hydrogens (tertiary/aromatic N) is 2. The lowest BCUT2D eigenvalue weighted by Gasteiger charge is -2.13. The van der Waals surface area contributed by atoms with Crippen LogP contribution in [-0.4, -0.2) is 28.1 Å². The predicted molar refractivity (Wildman–Crippen MR) is 112 cm³/mol. The van der Waals surface area contributed by atoms with Crippen molar-refractivity contribution in [2.75, 3.05) is 5.32 Å². The highest BCUT2D eigenvalue weighted by molar-refractivity contribution is 7.18. The molecule has 0 aliphatic heterocycles. The van der Waals surface area contributed by atoms with Crippen molar-refractivity contribution in [1.29, 1.82) is 0 Å². The molecule has 0 saturated heterocycles. The van der Waals surface area contributed by atoms with Gasteiger partial charge in [-0.05, 0) is 32.0 Å². The fourth-order valence-corrected chi connectivity index (χ4v) is 3.61. The van der Waals surface area contributed by atoms with Gasteiger partial charge in [-0.25, -0.2) is 0 Å². The van der Waals surface area contributed by atoms with Crippen LogP contribution in [0.3, 0.4) is 0 Å². The van der Waals surface area contributed by atoms with Crippen molar-refractivity contribution >= 4 is 51.5 Å². The third-order valence-electron chi connectivity index (χ3n) is 3.82. The second kappa shape index (κ2) is 8.68. The van der Waals surface area contributed by atoms with E-state index >= 15 is 0 Å². The number of anilines is 1. The second-order valence-electron chi connectivity index (χ2n) is 6.12. The first-order valence-electron chi connectivity index (χ1n) is 8.30. The van der Waals surface area contributed by atoms with E-state index in [9.17, 15) is 9.59 Å². The maximum absolute atomic E-state index is 12.4. The van der Waals surface area contributed by atoms with E-state index in [1.54, 1.807) is 6.92 Å². The first-order chi connectivity index (χ1) is 13.3. The van der Waals surface area contributed by atoms with Gasteiger partial charge in [0.05, 0.1) is 0 Å². The summed E-state index contributed by atoms with van der Waals surface area (Å²) in [6.07, 6.45) is 0. The van der Waals surface area contributed by atoms with Crippen molar-refractivity contribution < 1.29 is 9.59 Å². The molecule has 0 aliphatic rings. The van der Waals surface area contributed by atoms with Crippen LogP contribution in [0.25, 0.3) is 10.6 Å². The van der Waals surface area contributed by atoms with Crippen molar-refractivity contribution in [3.8, 4) is 10.6 Å². The lowest BCUT2D eigenvalue weighted by molar-refractivity contribution is -0.117. The summed E-state index contributed by atoms with van der Waals surface area (Å²) in [6, 6.07) is 11.5. The SMILES string of the molecule is Cc1ccc(-c2nnc(NC(=O)C(C)NC(=O)c3cc(Cl)cc(Cl)c3)s2)cc1. The van der Waals surface area contributed by atoms with Crippen molar-refractivity contribution in [3.63, 3.8) is 0 Å². The van der Waals surface area contributed by atoms with E-state index in [2.05, 4.69) is 20.8 Å². The molecule has 1 aromatic heterocycles. The number of rotatable bonds is 5. The van der Waals surface area contributed by atoms with Crippen LogP contribution in [0.15, 0.2) is 42.5 Å². The quantitative estimate of drug-likeness (QED) is 0.615. The minimum absolute atomic E-state index is 0.273. The van der Waals surface area contributed by atoms with Gasteiger partial charge in [-0.15, -0.1) is 10.2 Å². The molecule has 28 heavy (non-hydrogen) atoms. The molecule has 0 spiro atoms. The number of hydrogen-bond acceptors (Lipinski definition) is 5. The fraction of sp³-hybridized carbons (Fsp3) is 0.158. The molecule has 0 fully saturated rings. The molecule has 144 valence electrons. The Balaban J connectivity index is 1.62. The molecular formula is C19H16Cl2N4O2S. The smallest absolute Gasteiger partial charge is 0.252 e. The van der Waals surface area contributed by atoms with Crippen LogP contribution in [0, 0.1) is 6.92 Å². The fourth-order valence-electron chi connectivity index (χ4n) is 2.33. The average molecular weight is 435 g/mol. The number of nitrogens with one attached hydrogen (secondary N) is 2. The predicted octanol–water partition coefficient (Wildman–Crippen LogP) is 4.58. The molecule has 0 aliphatic carbocycles. The highest BCUT2D eigenvalue weighted by Crippen LogP contribution is 2.26. The number of halogens is 2. The normalized spacial score (nSPS) is 11.7. The molecule has 2 aromatic carbocycles. The molecule has 0 radical (unpaired) electrons. The van der Waals surface area contributed by atoms with Crippen molar-refractivity contribution in [1.82, 2.24) is 15.5 Å². The van der Waals surface area contributed by atoms with Crippen LogP contribution in [-0.2, 0) is 4.79 Å². The van der Waals surface area contributed by atoms with E-state index in [1.165, 1.54) is 29.5 Å². The van der Waals surface area contributed by atoms with Crippen LogP contribution in [0.5, 0.6) is 0 Å². The van der Waals surface area contributed by atoms with Gasteiger partial charge < -0.3 is 5.32 Å². The maximum Gasteiger partial charge on any atom is 0.252 e. The molecule has 2 amide bonds. The van der Waals surface area contributed by atoms with E-state index in [0.717, 1.165) is 11.1 Å². The van der Waals surface area contributed by atoms with Gasteiger partial charge in [-0.1, -0.05) is 64.4 Å². The number of amides is 2. The van der Waals surface area contributed by atoms with Crippen LogP contribution in [0.1, 0.15) is 22.8 Å². The van der Waals surface area contributed by atoms with E-state index in [4.69, 9.17) is 23.2 Å². The maximum atomic E-state index is 12.4. The summed E-state index contributed by atoms with van der Waals surface area (Å²) in [7, 11) is 0. The lowest BCUT2D eigenvalue weighted by Crippen LogP contribution is -2.41. The highest BCUT2D eigenvalue weighted by Gasteiger charge is 2.19. The largest absolute Gasteiger partial charge is 0.341 e. The van der Waals surface area contributed by atoms with E-state index in [0.29, 0.717) is 20.2 Å². The number of carbonyl (C=O) groups is 2. The van der Waals surface area contributed by atoms with Crippen LogP contribution in [0.2, 0.25) is 10.0 Å². The third-order valence-corrected chi connectivity index (χ3v) is 5.14. The van der Waals surface area contributed by atoms with Gasteiger partial charge in [0.15, 0.2) is 0 Å². The number of hydrogen-bond donors (Lipinski definition) is 2. The Bertz CT molecular complexity index is 1000. The summed E-state index contributed by atoms with van der Waals surface area (Å²) in [4.78, 5) is 24.7. The molecule has 3 rings (SSSR count). The summed E-state index contributed by atoms with van der Waals surface area (Å²) in [5.74, 6) is -0.863. The van der Waals surface area contributed by atoms with Crippen molar-refractivity contribution in [3.05, 3.63) is 63.6 Å². The Morgan fingerprint density at radius 1 is 1.04 bits per heavy atom. The standard InChI is InChI=1S/C19H16Cl2N4O2S/c1-10-3-5-12(6-4-10)18-24-25-19(28-18)23-16(26)11(2)22-17(27)13-7-14(20)9-15(21)8-13/h3-9,11H,1-2H3,(H,22,27)(H,23,25,26). The first-order valence-corrected chi connectivity index (χ1v) is 9.87. The van der Waals surface area contributed by atoms with Gasteiger partial charge >= 0.3 is 0 Å². The zero-order valence-corrected chi connectivity index (χ0v) is 17.3. The summed E-state index contributed by atoms with van der Waals surface area (Å²) < 4.78 is 0. The Morgan fingerprint density at radius 2 is 1.68 bits per heavy atom. The average Bonchev–Trinajstić information content (AvgIpc) is 3.09. The minimum Gasteiger partial charge on any atom is -0.341 e. The molecule has 3 aromatic rings. The molecule has 1 heterocycles. The van der Waals surface area contributed by atoms with Gasteiger partial charge in [0.2, 0.25) is 11.0 Å². The number of aromatic nitrogens is 2. The molecule has 0 bridgehead atoms. The number of aryl methyl sites for hydroxylation is 1. The monoisotopic (exact) mass is 434 g/mol. The lowest BCUT2D eigenvalue weighted by atomic mass is 10.2. The summed E-state index contributed by atoms with van der Waals surface area (Å²) in [5.41, 5.74) is 2.34. The van der Waals surface area contributed by atoms with Crippen molar-refractivity contribution in [2.24, 2.45) is 0 Å². The van der Waals surface area contributed by atoms with E-state index in [1.807, 2.05) is 31.2 Å². The summed E-state index contributed by atoms with van der Waals surface area (Å²) in [5, 5.41) is 15.1. The van der Waals surface area contributed by atoms with Gasteiger partial charge in [0.25, 0.3) is 5.91 Å². The minimum atomic E-state index is -0.794. The second-order valence-corrected chi connectivity index (χ2v) is 7.97. The summed E-state index contributed by atoms with van der Waals surface area (Å²) in [6.45, 7) is 3.57. The third kappa shape index (κ3) is 5.07. The topological polar surface area (TPSA) is 84.0 Å². The van der Waals surface area contributed by atoms with Crippen LogP contribution < -0.4 is 10.6 Å². The molecule has 1 unspecified atom stereocenters. The molecule has 9 heteroatoms. The molecule has 1 atom stereocenters. The molecule has 6 nitrogen and oxygen atoms in total. The van der Waals surface area contributed by atoms with Crippen LogP contribution >= 0.6 is 34.5 Å². The number of benzene rings is 2. The Kier molecular flexibility index (Phi) is 6.28. The molecule has 0 saturated carbocycles. The Morgan fingerprint density at radius 3 is 2.32 bits per heavy atom. The van der Waals surface area contributed by atoms with Crippen LogP contribution in [0.4, 0.5) is 5.13 Å². The zero-order chi connectivity index (χ0) is 20.3. The molecule has 2 N–H and O–H groups in total. The van der Waals surface area contributed by atoms with Gasteiger partial charge in [-0.3, -0.25) is 14.9 Å². The Hall–Kier alpha value is -2.48. The first kappa shape index (κ1) is 20.3. The van der Waals surface area contributed by atoms with E-state index < -0.39 is 17.9 Å². The van der Waals surface area contributed by atoms with Gasteiger partial charge in [0, 0.05) is 21.2 Å². The van der Waals surface area contributed by atoms with Crippen molar-refractivity contribution in [2.45, 2.75) is 19.9 Å². The highest BCUT2D eigenvalue weighted by atomic mass is 35.5. The van der Waals surface area contributed by atoms with Gasteiger partial charge in [0.1, 0.15) is 11.0 Å². The van der Waals surface area contributed by atoms with Gasteiger partial charge in [-0.2, -0.15) is 0 Å². The zero-order valence-electron chi connectivity index (χ0n) is 15.0. The molecular weight excluding hydrogens is 419 g/mol. The Labute approximate surface area is 175 Å². The summed E-state index contributed by atoms with van der Waals surface area (Å²) >= 11 is 13.1.